The zero-order chi connectivity index (χ0) is 38.2. The van der Waals surface area contributed by atoms with Gasteiger partial charge in [0.15, 0.2) is 5.82 Å². The number of piperazine rings is 1. The third-order valence-corrected chi connectivity index (χ3v) is 17.1. The second-order valence-corrected chi connectivity index (χ2v) is 23.3. The van der Waals surface area contributed by atoms with Crippen LogP contribution in [0.4, 0.5) is 15.0 Å². The van der Waals surface area contributed by atoms with Crippen molar-refractivity contribution >= 4 is 41.9 Å². The summed E-state index contributed by atoms with van der Waals surface area (Å²) in [6, 6.07) is 16.1. The lowest BCUT2D eigenvalue weighted by Crippen LogP contribution is -2.57. The lowest BCUT2D eigenvalue weighted by molar-refractivity contribution is 0.0122. The molecular formula is C43H56FN5O4Si. The van der Waals surface area contributed by atoms with Crippen molar-refractivity contribution in [2.24, 2.45) is 0 Å². The van der Waals surface area contributed by atoms with Gasteiger partial charge in [-0.25, -0.2) is 9.18 Å². The van der Waals surface area contributed by atoms with Crippen molar-refractivity contribution in [1.82, 2.24) is 19.8 Å². The summed E-state index contributed by atoms with van der Waals surface area (Å²) < 4.78 is 36.6. The summed E-state index contributed by atoms with van der Waals surface area (Å²) in [4.78, 5) is 29.9. The Morgan fingerprint density at radius 1 is 0.907 bits per heavy atom. The summed E-state index contributed by atoms with van der Waals surface area (Å²) in [7, 11) is -2.18. The minimum atomic E-state index is -2.18. The number of nitrogens with zero attached hydrogens (tertiary/aromatic N) is 5. The van der Waals surface area contributed by atoms with Gasteiger partial charge in [0, 0.05) is 24.0 Å². The van der Waals surface area contributed by atoms with E-state index in [4.69, 9.17) is 23.9 Å². The average molecular weight is 754 g/mol. The first-order valence-corrected chi connectivity index (χ1v) is 22.8. The number of aromatic nitrogens is 2. The fraction of sp³-hybridized carbons (Fsp3) is 0.558. The van der Waals surface area contributed by atoms with E-state index in [0.29, 0.717) is 36.5 Å². The van der Waals surface area contributed by atoms with Gasteiger partial charge in [-0.15, -0.1) is 0 Å². The Kier molecular flexibility index (Phi) is 9.15. The van der Waals surface area contributed by atoms with Crippen LogP contribution < -0.4 is 14.1 Å². The van der Waals surface area contributed by atoms with E-state index in [-0.39, 0.29) is 40.3 Å². The first kappa shape index (κ1) is 37.0. The molecule has 1 aromatic heterocycles. The molecule has 2 bridgehead atoms. The number of carbonyl (C=O) groups excluding carboxylic acids is 1. The van der Waals surface area contributed by atoms with Gasteiger partial charge in [0.1, 0.15) is 29.3 Å². The highest BCUT2D eigenvalue weighted by atomic mass is 28.4. The van der Waals surface area contributed by atoms with Gasteiger partial charge in [-0.2, -0.15) is 9.97 Å². The van der Waals surface area contributed by atoms with Gasteiger partial charge >= 0.3 is 12.1 Å². The number of hydrogen-bond donors (Lipinski definition) is 0. The molecule has 3 aromatic carbocycles. The molecule has 4 aliphatic heterocycles. The summed E-state index contributed by atoms with van der Waals surface area (Å²) in [5.74, 6) is 0.984. The van der Waals surface area contributed by atoms with E-state index in [1.54, 1.807) is 0 Å². The highest BCUT2D eigenvalue weighted by Crippen LogP contribution is 2.44. The van der Waals surface area contributed by atoms with Gasteiger partial charge in [-0.1, -0.05) is 51.1 Å². The van der Waals surface area contributed by atoms with Crippen LogP contribution in [0.1, 0.15) is 80.1 Å². The van der Waals surface area contributed by atoms with Crippen LogP contribution in [0.3, 0.4) is 0 Å². The van der Waals surface area contributed by atoms with Crippen molar-refractivity contribution in [3.63, 3.8) is 0 Å². The van der Waals surface area contributed by atoms with Crippen LogP contribution in [-0.2, 0) is 4.74 Å². The van der Waals surface area contributed by atoms with Crippen LogP contribution in [0.2, 0.25) is 18.1 Å². The van der Waals surface area contributed by atoms with Gasteiger partial charge in [-0.05, 0) is 125 Å². The molecule has 54 heavy (non-hydrogen) atoms. The largest absolute Gasteiger partial charge is 0.543 e. The maximum atomic E-state index is 17.4. The number of benzene rings is 3. The molecule has 5 heterocycles. The second kappa shape index (κ2) is 13.4. The predicted octanol–water partition coefficient (Wildman–Crippen LogP) is 9.57. The monoisotopic (exact) mass is 753 g/mol. The van der Waals surface area contributed by atoms with Crippen molar-refractivity contribution in [1.29, 1.82) is 0 Å². The smallest absolute Gasteiger partial charge is 0.410 e. The van der Waals surface area contributed by atoms with E-state index in [1.807, 2.05) is 62.1 Å². The number of fused-ring (bicyclic) bond motifs is 5. The molecule has 4 saturated heterocycles. The minimum Gasteiger partial charge on any atom is -0.543 e. The summed E-state index contributed by atoms with van der Waals surface area (Å²) in [6.07, 6.45) is 5.97. The molecule has 11 heteroatoms. The zero-order valence-electron chi connectivity index (χ0n) is 33.3. The van der Waals surface area contributed by atoms with Gasteiger partial charge in [-0.3, -0.25) is 9.80 Å². The van der Waals surface area contributed by atoms with Crippen LogP contribution in [0, 0.1) is 5.82 Å². The first-order valence-electron chi connectivity index (χ1n) is 19.9. The number of carbonyl (C=O) groups is 1. The van der Waals surface area contributed by atoms with E-state index >= 15 is 4.39 Å². The summed E-state index contributed by atoms with van der Waals surface area (Å²) in [5, 5.41) is 2.57. The minimum absolute atomic E-state index is 0.00217. The first-order chi connectivity index (χ1) is 25.5. The molecule has 2 atom stereocenters. The normalized spacial score (nSPS) is 21.6. The Bertz CT molecular complexity index is 2070. The Hall–Kier alpha value is -3.96. The SMILES string of the molecule is CC(C)(C)OC(=O)N1C2CCC1CN(c1nc(OCC34CCCN3CCC4)nc3c(F)c(-c4cc(O[Si](C)(C)C(C)(C)C)cc5ccccc45)ccc13)C2. The van der Waals surface area contributed by atoms with Crippen molar-refractivity contribution in [2.45, 2.75) is 121 Å². The van der Waals surface area contributed by atoms with E-state index in [1.165, 1.54) is 0 Å². The molecule has 1 amide bonds. The van der Waals surface area contributed by atoms with E-state index in [2.05, 4.69) is 55.8 Å². The topological polar surface area (TPSA) is 80.3 Å². The molecule has 4 fully saturated rings. The molecule has 0 saturated carbocycles. The molecule has 4 aromatic rings. The summed E-state index contributed by atoms with van der Waals surface area (Å²) >= 11 is 0. The number of amides is 1. The lowest BCUT2D eigenvalue weighted by Gasteiger charge is -2.42. The lowest BCUT2D eigenvalue weighted by atomic mass is 9.95. The van der Waals surface area contributed by atoms with Crippen LogP contribution >= 0.6 is 0 Å². The van der Waals surface area contributed by atoms with Crippen LogP contribution in [0.25, 0.3) is 32.8 Å². The van der Waals surface area contributed by atoms with E-state index < -0.39 is 19.7 Å². The molecule has 2 unspecified atom stereocenters. The number of halogens is 1. The van der Waals surface area contributed by atoms with Crippen molar-refractivity contribution in [3.05, 3.63) is 54.3 Å². The summed E-state index contributed by atoms with van der Waals surface area (Å²) in [6.45, 7) is 20.6. The maximum Gasteiger partial charge on any atom is 0.410 e. The van der Waals surface area contributed by atoms with E-state index in [9.17, 15) is 4.79 Å². The number of rotatable bonds is 7. The number of ether oxygens (including phenoxy) is 2. The van der Waals surface area contributed by atoms with Crippen molar-refractivity contribution in [3.8, 4) is 22.9 Å². The molecule has 0 N–H and O–H groups in total. The van der Waals surface area contributed by atoms with Crippen LogP contribution in [-0.4, -0.2) is 90.2 Å². The second-order valence-electron chi connectivity index (χ2n) is 18.6. The van der Waals surface area contributed by atoms with Gasteiger partial charge in [0.2, 0.25) is 8.32 Å². The van der Waals surface area contributed by atoms with E-state index in [0.717, 1.165) is 73.7 Å². The number of hydrogen-bond acceptors (Lipinski definition) is 8. The summed E-state index contributed by atoms with van der Waals surface area (Å²) in [5.41, 5.74) is 0.871. The zero-order valence-corrected chi connectivity index (χ0v) is 34.3. The number of anilines is 1. The van der Waals surface area contributed by atoms with Crippen molar-refractivity contribution < 1.29 is 23.1 Å². The quantitative estimate of drug-likeness (QED) is 0.173. The molecule has 4 aliphatic rings. The Morgan fingerprint density at radius 3 is 2.26 bits per heavy atom. The molecular weight excluding hydrogens is 698 g/mol. The standard InChI is InChI=1S/C43H56FN5O4Si/c1-41(2,3)52-40(50)49-29-15-16-30(49)26-47(25-29)38-34-18-17-33(35-24-31(53-54(7,8)42(4,5)6)23-28-13-9-10-14-32(28)35)36(44)37(34)45-39(46-38)51-27-43-19-11-21-48(43)22-12-20-43/h9-10,13-14,17-18,23-24,29-30H,11-12,15-16,19-22,25-27H2,1-8H3. The average Bonchev–Trinajstić information content (AvgIpc) is 3.76. The fourth-order valence-corrected chi connectivity index (χ4v) is 10.0. The fourth-order valence-electron chi connectivity index (χ4n) is 9.00. The molecule has 0 spiro atoms. The van der Waals surface area contributed by atoms with Crippen LogP contribution in [0.15, 0.2) is 48.5 Å². The Morgan fingerprint density at radius 2 is 1.59 bits per heavy atom. The molecule has 288 valence electrons. The molecule has 0 aliphatic carbocycles. The predicted molar refractivity (Wildman–Crippen MR) is 216 cm³/mol. The third-order valence-electron chi connectivity index (χ3n) is 12.7. The third kappa shape index (κ3) is 6.69. The molecule has 9 nitrogen and oxygen atoms in total. The Balaban J connectivity index is 1.21. The van der Waals surface area contributed by atoms with Gasteiger partial charge < -0.3 is 18.8 Å². The maximum absolute atomic E-state index is 17.4. The van der Waals surface area contributed by atoms with Gasteiger partial charge in [0.05, 0.1) is 17.6 Å². The highest BCUT2D eigenvalue weighted by molar-refractivity contribution is 6.74. The van der Waals surface area contributed by atoms with Crippen molar-refractivity contribution in [2.75, 3.05) is 37.7 Å². The highest BCUT2D eigenvalue weighted by Gasteiger charge is 2.47. The molecule has 0 radical (unpaired) electrons. The Labute approximate surface area is 320 Å². The van der Waals surface area contributed by atoms with Crippen LogP contribution in [0.5, 0.6) is 11.8 Å². The molecule has 8 rings (SSSR count). The van der Waals surface area contributed by atoms with Gasteiger partial charge in [0.25, 0.3) is 0 Å².